The molecule has 0 saturated carbocycles. The third kappa shape index (κ3) is 11.1. The Balaban J connectivity index is 0. The van der Waals surface area contributed by atoms with Gasteiger partial charge in [-0.2, -0.15) is 0 Å². The average Bonchev–Trinajstić information content (AvgIpc) is 2.81. The molecule has 7 nitrogen and oxygen atoms in total. The molecule has 0 fully saturated rings. The summed E-state index contributed by atoms with van der Waals surface area (Å²) < 4.78 is 4.77. The topological polar surface area (TPSA) is 127 Å². The van der Waals surface area contributed by atoms with Gasteiger partial charge in [-0.05, 0) is 12.2 Å². The number of ether oxygens (including phenoxy) is 1. The molecular weight excluding hydrogens is 764 g/mol. The third-order valence-electron chi connectivity index (χ3n) is 2.76. The van der Waals surface area contributed by atoms with Crippen LogP contribution in [0.3, 0.4) is 0 Å². The summed E-state index contributed by atoms with van der Waals surface area (Å²) in [6.45, 7) is -0.543. The molecule has 1 unspecified atom stereocenters. The maximum atomic E-state index is 10.6. The fourth-order valence-electron chi connectivity index (χ4n) is 1.64. The zero-order valence-electron chi connectivity index (χ0n) is 11.8. The monoisotopic (exact) mass is 783 g/mol. The third-order valence-corrected chi connectivity index (χ3v) is 2.76. The van der Waals surface area contributed by atoms with Crippen molar-refractivity contribution in [2.45, 2.75) is 30.8 Å². The summed E-state index contributed by atoms with van der Waals surface area (Å²) in [5, 5.41) is 43.8. The van der Waals surface area contributed by atoms with Crippen LogP contribution in [-0.2, 0) is 9.53 Å². The van der Waals surface area contributed by atoms with Gasteiger partial charge in [0.2, 0.25) is 0 Å². The van der Waals surface area contributed by atoms with Crippen molar-refractivity contribution in [2.75, 3.05) is 13.2 Å². The van der Waals surface area contributed by atoms with Gasteiger partial charge >= 0.3 is 50.5 Å². The smallest absolute Gasteiger partial charge is 0.163 e. The molecule has 0 amide bonds. The number of hydrogen-bond acceptors (Lipinski definition) is 7. The molecule has 1 aliphatic heterocycles. The largest absolute Gasteiger partial charge is 0.493 e. The summed E-state index contributed by atoms with van der Waals surface area (Å²) >= 11 is 5.30. The number of rotatable bonds is 2. The molecule has 0 saturated heterocycles. The number of aliphatic hydroxyl groups excluding tert-OH is 5. The Morgan fingerprint density at radius 1 is 1.26 bits per heavy atom. The van der Waals surface area contributed by atoms with E-state index in [0.717, 1.165) is 0 Å². The molecule has 1 heterocycles. The van der Waals surface area contributed by atoms with E-state index in [1.54, 1.807) is 0 Å². The Hall–Kier alpha value is 1.67. The van der Waals surface area contributed by atoms with Crippen molar-refractivity contribution < 1.29 is 48.3 Å². The summed E-state index contributed by atoms with van der Waals surface area (Å²) in [6.07, 6.45) is 0.827. The summed E-state index contributed by atoms with van der Waals surface area (Å²) in [6, 6.07) is 0. The van der Waals surface area contributed by atoms with Gasteiger partial charge in [-0.25, -0.2) is 0 Å². The summed E-state index contributed by atoms with van der Waals surface area (Å²) in [7, 11) is 0. The summed E-state index contributed by atoms with van der Waals surface area (Å²) in [4.78, 5) is 10.6. The number of aliphatic hydroxyl groups is 5. The summed E-state index contributed by atoms with van der Waals surface area (Å²) in [5.41, 5.74) is 0.336. The zero-order valence-corrected chi connectivity index (χ0v) is 20.6. The second-order valence-corrected chi connectivity index (χ2v) is 20.5. The number of hydrogen-bond donors (Lipinski definition) is 5. The summed E-state index contributed by atoms with van der Waals surface area (Å²) in [5.74, 6) is -0.148. The van der Waals surface area contributed by atoms with Crippen molar-refractivity contribution in [3.63, 3.8) is 0 Å². The van der Waals surface area contributed by atoms with Crippen LogP contribution in [0.25, 0.3) is 0 Å². The quantitative estimate of drug-likeness (QED) is 0.193. The van der Waals surface area contributed by atoms with Crippen LogP contribution in [0.5, 0.6) is 0 Å². The number of carbonyl (C=O) groups is 1. The minimum atomic E-state index is -1.02. The van der Waals surface area contributed by atoms with E-state index in [9.17, 15) is 4.79 Å². The molecule has 0 bridgehead atoms. The van der Waals surface area contributed by atoms with Crippen LogP contribution in [0.1, 0.15) is 6.42 Å². The minimum absolute atomic E-state index is 0. The van der Waals surface area contributed by atoms with Gasteiger partial charge in [-0.1, -0.05) is 0 Å². The molecule has 2 rings (SSSR count). The number of Topliss-reactive ketones (excluding diaryl/α,β-unsaturated/α-hetero) is 1. The Bertz CT molecular complexity index is 392. The van der Waals surface area contributed by atoms with Crippen molar-refractivity contribution in [1.82, 2.24) is 0 Å². The molecular formula is C12H19I4O7-. The molecule has 4 atom stereocenters. The van der Waals surface area contributed by atoms with Gasteiger partial charge in [-0.15, -0.1) is 24.0 Å². The zero-order chi connectivity index (χ0) is 17.1. The van der Waals surface area contributed by atoms with Crippen molar-refractivity contribution in [3.8, 4) is 0 Å². The van der Waals surface area contributed by atoms with Crippen molar-refractivity contribution in [2.24, 2.45) is 0 Å². The number of carbonyl (C=O) groups excluding carboxylic acids is 1. The molecule has 0 aromatic carbocycles. The van der Waals surface area contributed by atoms with Gasteiger partial charge in [-0.3, -0.25) is 4.79 Å². The van der Waals surface area contributed by atoms with Crippen LogP contribution in [0.4, 0.5) is 0 Å². The maximum absolute atomic E-state index is 10.6. The molecule has 0 spiro atoms. The molecule has 0 radical (unpaired) electrons. The Morgan fingerprint density at radius 2 is 1.83 bits per heavy atom. The van der Waals surface area contributed by atoms with Gasteiger partial charge < -0.3 is 30.3 Å². The fraction of sp³-hybridized carbons (Fsp3) is 0.583. The van der Waals surface area contributed by atoms with Gasteiger partial charge in [0.05, 0.1) is 25.6 Å². The van der Waals surface area contributed by atoms with Gasteiger partial charge in [0.1, 0.15) is 18.3 Å². The SMILES string of the molecule is I.I[I-]I.O=C1CC(O)C=C1CO.OC[C@H]1OC=C[C@@H](O)[C@@H]1O. The normalized spacial score (nSPS) is 28.5. The Kier molecular flexibility index (Phi) is 18.6. The Labute approximate surface area is 181 Å². The van der Waals surface area contributed by atoms with Crippen LogP contribution in [-0.4, -0.2) is 68.9 Å². The van der Waals surface area contributed by atoms with Crippen LogP contribution in [0, 0.1) is 0 Å². The van der Waals surface area contributed by atoms with Crippen LogP contribution in [0.2, 0.25) is 0 Å². The molecule has 0 aromatic heterocycles. The molecule has 2 aliphatic rings. The van der Waals surface area contributed by atoms with E-state index in [4.69, 9.17) is 30.3 Å². The van der Waals surface area contributed by atoms with E-state index in [1.807, 2.05) is 0 Å². The second kappa shape index (κ2) is 15.9. The number of halogens is 4. The molecule has 0 aromatic rings. The van der Waals surface area contributed by atoms with E-state index in [0.29, 0.717) is 18.8 Å². The first kappa shape index (κ1) is 26.9. The van der Waals surface area contributed by atoms with E-state index in [1.165, 1.54) is 18.4 Å². The molecule has 11 heteroatoms. The standard InChI is InChI=1S/C6H10O4.C6H8O3.I3.HI/c7-3-5-6(9)4(8)1-2-10-5;7-3-4-1-5(8)2-6(4)9;1-3-2;/h1-2,4-9H,3H2;1,5,7-8H,2-3H2;;1H/q;;-1;/t4-,5-,6+;;;/m1.../s1. The maximum Gasteiger partial charge on any atom is 0.163 e. The molecule has 23 heavy (non-hydrogen) atoms. The van der Waals surface area contributed by atoms with Gasteiger partial charge in [0.25, 0.3) is 0 Å². The predicted molar refractivity (Wildman–Crippen MR) is 107 cm³/mol. The van der Waals surface area contributed by atoms with E-state index < -0.39 is 24.4 Å². The number of ketones is 1. The molecule has 138 valence electrons. The minimum Gasteiger partial charge on any atom is -0.493 e. The van der Waals surface area contributed by atoms with Crippen molar-refractivity contribution in [1.29, 1.82) is 0 Å². The van der Waals surface area contributed by atoms with Crippen LogP contribution >= 0.6 is 61.2 Å². The first-order chi connectivity index (χ1) is 10.4. The van der Waals surface area contributed by atoms with Crippen molar-refractivity contribution >= 4 is 67.0 Å². The van der Waals surface area contributed by atoms with E-state index >= 15 is 0 Å². The van der Waals surface area contributed by atoms with Crippen LogP contribution in [0.15, 0.2) is 24.0 Å². The average molecular weight is 783 g/mol. The van der Waals surface area contributed by atoms with Crippen molar-refractivity contribution in [3.05, 3.63) is 24.0 Å². The second-order valence-electron chi connectivity index (χ2n) is 4.27. The molecule has 5 N–H and O–H groups in total. The van der Waals surface area contributed by atoms with Gasteiger partial charge in [0, 0.05) is 12.0 Å². The molecule has 1 aliphatic carbocycles. The first-order valence-corrected chi connectivity index (χ1v) is 18.7. The van der Waals surface area contributed by atoms with Crippen LogP contribution < -0.4 is 13.3 Å². The van der Waals surface area contributed by atoms with E-state index in [-0.39, 0.29) is 49.4 Å². The predicted octanol–water partition coefficient (Wildman–Crippen LogP) is -2.75. The van der Waals surface area contributed by atoms with E-state index in [2.05, 4.69) is 37.2 Å². The first-order valence-electron chi connectivity index (χ1n) is 6.10. The fourth-order valence-corrected chi connectivity index (χ4v) is 1.64. The van der Waals surface area contributed by atoms with Gasteiger partial charge in [0.15, 0.2) is 5.78 Å². The Morgan fingerprint density at radius 3 is 2.13 bits per heavy atom.